The monoisotopic (exact) mass is 389 g/mol. The number of methoxy groups -OCH3 is 2. The largest absolute Gasteiger partial charge is 0.466 e. The van der Waals surface area contributed by atoms with Gasteiger partial charge in [0.2, 0.25) is 0 Å². The molecule has 0 fully saturated rings. The van der Waals surface area contributed by atoms with Crippen LogP contribution in [0.15, 0.2) is 33.9 Å². The second-order valence-corrected chi connectivity index (χ2v) is 5.58. The number of benzene rings is 1. The van der Waals surface area contributed by atoms with Crippen LogP contribution in [0.3, 0.4) is 0 Å². The average Bonchev–Trinajstić information content (AvgIpc) is 2.55. The van der Waals surface area contributed by atoms with Gasteiger partial charge < -0.3 is 19.1 Å². The van der Waals surface area contributed by atoms with Crippen molar-refractivity contribution in [3.05, 3.63) is 39.0 Å². The Hall–Kier alpha value is -1.57. The first-order chi connectivity index (χ1) is 10.5. The van der Waals surface area contributed by atoms with Crippen LogP contribution in [0.1, 0.15) is 0 Å². The van der Waals surface area contributed by atoms with E-state index in [-0.39, 0.29) is 24.6 Å². The Morgan fingerprint density at radius 3 is 2.55 bits per heavy atom. The summed E-state index contributed by atoms with van der Waals surface area (Å²) >= 11 is 9.29. The predicted molar refractivity (Wildman–Crippen MR) is 83.5 cm³/mol. The van der Waals surface area contributed by atoms with E-state index in [9.17, 15) is 9.59 Å². The first-order valence-corrected chi connectivity index (χ1v) is 7.36. The van der Waals surface area contributed by atoms with Crippen LogP contribution in [0.5, 0.6) is 0 Å². The fraction of sp³-hybridized carbons (Fsp3) is 0.286. The molecule has 0 radical (unpaired) electrons. The number of nitrogens with zero attached hydrogens (tertiary/aromatic N) is 1. The van der Waals surface area contributed by atoms with Crippen LogP contribution in [0.4, 0.5) is 5.69 Å². The van der Waals surface area contributed by atoms with Crippen molar-refractivity contribution in [2.45, 2.75) is 0 Å². The Kier molecular flexibility index (Phi) is 5.44. The second kappa shape index (κ2) is 7.13. The highest BCUT2D eigenvalue weighted by Crippen LogP contribution is 2.32. The number of anilines is 1. The molecule has 0 atom stereocenters. The lowest BCUT2D eigenvalue weighted by atomic mass is 10.1. The molecule has 1 aliphatic rings. The quantitative estimate of drug-likeness (QED) is 0.739. The molecule has 6 nitrogen and oxygen atoms in total. The number of ether oxygens (including phenoxy) is 3. The zero-order valence-corrected chi connectivity index (χ0v) is 14.2. The maximum atomic E-state index is 12.1. The number of hydrogen-bond donors (Lipinski definition) is 0. The Morgan fingerprint density at radius 1 is 1.27 bits per heavy atom. The molecule has 0 aliphatic carbocycles. The molecule has 22 heavy (non-hydrogen) atoms. The Morgan fingerprint density at radius 2 is 1.95 bits per heavy atom. The van der Waals surface area contributed by atoms with Gasteiger partial charge in [-0.3, -0.25) is 0 Å². The van der Waals surface area contributed by atoms with Gasteiger partial charge in [-0.25, -0.2) is 9.59 Å². The SMILES string of the molecule is COC(=O)C1=C(C(=O)OC)N(c2ccc(Cl)c(Br)c2)COC1. The summed E-state index contributed by atoms with van der Waals surface area (Å²) in [5.41, 5.74) is 0.819. The molecular formula is C14H13BrClNO5. The van der Waals surface area contributed by atoms with Crippen molar-refractivity contribution in [3.8, 4) is 0 Å². The lowest BCUT2D eigenvalue weighted by Gasteiger charge is -2.31. The van der Waals surface area contributed by atoms with Gasteiger partial charge in [-0.1, -0.05) is 11.6 Å². The van der Waals surface area contributed by atoms with Gasteiger partial charge in [0.05, 0.1) is 31.4 Å². The van der Waals surface area contributed by atoms with E-state index in [1.807, 2.05) is 0 Å². The molecule has 1 aliphatic heterocycles. The predicted octanol–water partition coefficient (Wildman–Crippen LogP) is 2.50. The molecule has 1 heterocycles. The Balaban J connectivity index is 2.54. The van der Waals surface area contributed by atoms with Crippen LogP contribution < -0.4 is 4.90 Å². The molecule has 0 saturated carbocycles. The van der Waals surface area contributed by atoms with Crippen LogP contribution in [0, 0.1) is 0 Å². The van der Waals surface area contributed by atoms with Crippen LogP contribution in [-0.4, -0.2) is 39.5 Å². The minimum absolute atomic E-state index is 0.0254. The van der Waals surface area contributed by atoms with Gasteiger partial charge >= 0.3 is 11.9 Å². The molecule has 0 N–H and O–H groups in total. The highest BCUT2D eigenvalue weighted by molar-refractivity contribution is 9.10. The van der Waals surface area contributed by atoms with Crippen molar-refractivity contribution in [2.24, 2.45) is 0 Å². The summed E-state index contributed by atoms with van der Waals surface area (Å²) in [6.07, 6.45) is 0. The second-order valence-electron chi connectivity index (χ2n) is 4.31. The van der Waals surface area contributed by atoms with E-state index >= 15 is 0 Å². The third-order valence-electron chi connectivity index (χ3n) is 3.05. The fourth-order valence-corrected chi connectivity index (χ4v) is 2.48. The molecule has 118 valence electrons. The maximum absolute atomic E-state index is 12.1. The number of carbonyl (C=O) groups excluding carboxylic acids is 2. The van der Waals surface area contributed by atoms with Gasteiger partial charge in [-0.2, -0.15) is 0 Å². The Labute approximate surface area is 140 Å². The van der Waals surface area contributed by atoms with Gasteiger partial charge in [0.25, 0.3) is 0 Å². The maximum Gasteiger partial charge on any atom is 0.355 e. The van der Waals surface area contributed by atoms with Crippen LogP contribution in [-0.2, 0) is 23.8 Å². The molecule has 0 amide bonds. The topological polar surface area (TPSA) is 65.1 Å². The first kappa shape index (κ1) is 16.8. The summed E-state index contributed by atoms with van der Waals surface area (Å²) in [6.45, 7) is 0.0708. The molecule has 0 aromatic heterocycles. The summed E-state index contributed by atoms with van der Waals surface area (Å²) in [4.78, 5) is 25.5. The first-order valence-electron chi connectivity index (χ1n) is 6.19. The van der Waals surface area contributed by atoms with E-state index in [1.54, 1.807) is 18.2 Å². The van der Waals surface area contributed by atoms with Gasteiger partial charge in [-0.15, -0.1) is 0 Å². The van der Waals surface area contributed by atoms with Crippen molar-refractivity contribution in [2.75, 3.05) is 32.5 Å². The van der Waals surface area contributed by atoms with Gasteiger partial charge in [0.1, 0.15) is 12.4 Å². The third-order valence-corrected chi connectivity index (χ3v) is 4.26. The molecule has 8 heteroatoms. The van der Waals surface area contributed by atoms with Gasteiger partial charge in [0, 0.05) is 10.2 Å². The van der Waals surface area contributed by atoms with Crippen molar-refractivity contribution in [3.63, 3.8) is 0 Å². The van der Waals surface area contributed by atoms with Crippen LogP contribution in [0.2, 0.25) is 5.02 Å². The minimum atomic E-state index is -0.644. The number of rotatable bonds is 3. The standard InChI is InChI=1S/C14H13BrClNO5/c1-20-13(18)9-6-22-7-17(12(9)14(19)21-2)8-3-4-11(16)10(15)5-8/h3-5H,6-7H2,1-2H3. The third kappa shape index (κ3) is 3.26. The summed E-state index contributed by atoms with van der Waals surface area (Å²) in [5.74, 6) is -1.28. The van der Waals surface area contributed by atoms with E-state index in [0.717, 1.165) is 0 Å². The molecule has 0 spiro atoms. The lowest BCUT2D eigenvalue weighted by Crippen LogP contribution is -2.38. The molecule has 0 bridgehead atoms. The van der Waals surface area contributed by atoms with Crippen molar-refractivity contribution in [1.29, 1.82) is 0 Å². The molecule has 0 unspecified atom stereocenters. The minimum Gasteiger partial charge on any atom is -0.466 e. The molecule has 2 rings (SSSR count). The fourth-order valence-electron chi connectivity index (χ4n) is 2.00. The number of halogens is 2. The number of esters is 2. The smallest absolute Gasteiger partial charge is 0.355 e. The molecule has 1 aromatic rings. The normalized spacial score (nSPS) is 14.8. The van der Waals surface area contributed by atoms with E-state index < -0.39 is 11.9 Å². The molecular weight excluding hydrogens is 378 g/mol. The highest BCUT2D eigenvalue weighted by Gasteiger charge is 2.32. The summed E-state index contributed by atoms with van der Waals surface area (Å²) < 4.78 is 15.5. The molecule has 1 aromatic carbocycles. The summed E-state index contributed by atoms with van der Waals surface area (Å²) in [7, 11) is 2.48. The summed E-state index contributed by atoms with van der Waals surface area (Å²) in [6, 6.07) is 5.09. The van der Waals surface area contributed by atoms with Crippen molar-refractivity contribution < 1.29 is 23.8 Å². The van der Waals surface area contributed by atoms with Crippen molar-refractivity contribution >= 4 is 45.2 Å². The van der Waals surface area contributed by atoms with Crippen LogP contribution in [0.25, 0.3) is 0 Å². The molecule has 0 saturated heterocycles. The van der Waals surface area contributed by atoms with Crippen LogP contribution >= 0.6 is 27.5 Å². The van der Waals surface area contributed by atoms with E-state index in [0.29, 0.717) is 15.2 Å². The van der Waals surface area contributed by atoms with E-state index in [1.165, 1.54) is 19.1 Å². The average molecular weight is 391 g/mol. The van der Waals surface area contributed by atoms with E-state index in [4.69, 9.17) is 25.8 Å². The summed E-state index contributed by atoms with van der Waals surface area (Å²) in [5, 5.41) is 0.526. The zero-order chi connectivity index (χ0) is 16.3. The number of hydrogen-bond acceptors (Lipinski definition) is 6. The van der Waals surface area contributed by atoms with Gasteiger partial charge in [-0.05, 0) is 34.1 Å². The zero-order valence-electron chi connectivity index (χ0n) is 11.9. The highest BCUT2D eigenvalue weighted by atomic mass is 79.9. The van der Waals surface area contributed by atoms with Crippen molar-refractivity contribution in [1.82, 2.24) is 0 Å². The Bertz CT molecular complexity index is 646. The van der Waals surface area contributed by atoms with Gasteiger partial charge in [0.15, 0.2) is 0 Å². The number of carbonyl (C=O) groups is 2. The van der Waals surface area contributed by atoms with E-state index in [2.05, 4.69) is 15.9 Å². The lowest BCUT2D eigenvalue weighted by molar-refractivity contribution is -0.140.